The lowest BCUT2D eigenvalue weighted by molar-refractivity contribution is -0.385. The quantitative estimate of drug-likeness (QED) is 0.680. The van der Waals surface area contributed by atoms with E-state index in [1.165, 1.54) is 12.1 Å². The Balaban J connectivity index is 2.14. The minimum Gasteiger partial charge on any atom is -0.327 e. The van der Waals surface area contributed by atoms with E-state index in [-0.39, 0.29) is 23.5 Å². The molecule has 0 saturated heterocycles. The summed E-state index contributed by atoms with van der Waals surface area (Å²) in [5, 5.41) is 10.9. The molecule has 0 amide bonds. The Morgan fingerprint density at radius 1 is 1.10 bits per heavy atom. The number of nitro groups is 1. The first kappa shape index (κ1) is 15.1. The van der Waals surface area contributed by atoms with Gasteiger partial charge in [-0.05, 0) is 42.7 Å². The van der Waals surface area contributed by atoms with Gasteiger partial charge in [0.1, 0.15) is 11.6 Å². The molecule has 0 aliphatic rings. The predicted molar refractivity (Wildman–Crippen MR) is 74.8 cm³/mol. The van der Waals surface area contributed by atoms with Crippen LogP contribution in [0.1, 0.15) is 11.1 Å². The fraction of sp³-hybridized carbons (Fsp3) is 0.200. The predicted octanol–water partition coefficient (Wildman–Crippen LogP) is 2.99. The van der Waals surface area contributed by atoms with Crippen LogP contribution < -0.4 is 5.73 Å². The number of nitrogens with zero attached hydrogens (tertiary/aromatic N) is 1. The summed E-state index contributed by atoms with van der Waals surface area (Å²) in [6, 6.07) is 8.80. The Bertz CT molecular complexity index is 662. The second-order valence-electron chi connectivity index (χ2n) is 4.83. The molecular formula is C15H14F2N2O2. The molecule has 0 radical (unpaired) electrons. The Labute approximate surface area is 120 Å². The fourth-order valence-electron chi connectivity index (χ4n) is 2.22. The van der Waals surface area contributed by atoms with Crippen LogP contribution in [0.4, 0.5) is 14.5 Å². The van der Waals surface area contributed by atoms with E-state index in [1.54, 1.807) is 12.1 Å². The maximum atomic E-state index is 13.2. The largest absolute Gasteiger partial charge is 0.327 e. The lowest BCUT2D eigenvalue weighted by Crippen LogP contribution is -2.26. The third kappa shape index (κ3) is 4.06. The Morgan fingerprint density at radius 3 is 2.48 bits per heavy atom. The van der Waals surface area contributed by atoms with Gasteiger partial charge in [-0.25, -0.2) is 8.78 Å². The summed E-state index contributed by atoms with van der Waals surface area (Å²) in [6.07, 6.45) is 0.496. The molecule has 1 atom stereocenters. The lowest BCUT2D eigenvalue weighted by Gasteiger charge is -2.12. The monoisotopic (exact) mass is 292 g/mol. The molecule has 110 valence electrons. The van der Waals surface area contributed by atoms with Crippen LogP contribution in [-0.2, 0) is 12.8 Å². The van der Waals surface area contributed by atoms with E-state index in [1.807, 2.05) is 0 Å². The minimum atomic E-state index is -0.566. The molecule has 2 N–H and O–H groups in total. The Morgan fingerprint density at radius 2 is 1.81 bits per heavy atom. The van der Waals surface area contributed by atoms with Crippen LogP contribution in [0.25, 0.3) is 0 Å². The molecule has 0 aliphatic carbocycles. The van der Waals surface area contributed by atoms with Gasteiger partial charge in [-0.1, -0.05) is 12.1 Å². The number of nitro benzene ring substituents is 1. The van der Waals surface area contributed by atoms with Crippen LogP contribution in [0.15, 0.2) is 42.5 Å². The zero-order valence-electron chi connectivity index (χ0n) is 11.1. The summed E-state index contributed by atoms with van der Waals surface area (Å²) >= 11 is 0. The topological polar surface area (TPSA) is 69.2 Å². The van der Waals surface area contributed by atoms with Gasteiger partial charge in [0.05, 0.1) is 4.92 Å². The number of hydrogen-bond acceptors (Lipinski definition) is 3. The van der Waals surface area contributed by atoms with E-state index in [0.29, 0.717) is 12.0 Å². The average Bonchev–Trinajstić information content (AvgIpc) is 2.38. The summed E-state index contributed by atoms with van der Waals surface area (Å²) in [6.45, 7) is 0. The third-order valence-corrected chi connectivity index (χ3v) is 3.11. The molecule has 4 nitrogen and oxygen atoms in total. The van der Waals surface area contributed by atoms with Crippen molar-refractivity contribution in [3.63, 3.8) is 0 Å². The highest BCUT2D eigenvalue weighted by atomic mass is 19.1. The van der Waals surface area contributed by atoms with Crippen LogP contribution in [0, 0.1) is 21.7 Å². The number of rotatable bonds is 5. The molecule has 0 heterocycles. The van der Waals surface area contributed by atoms with Gasteiger partial charge in [0, 0.05) is 17.7 Å². The molecule has 6 heteroatoms. The molecule has 2 rings (SSSR count). The van der Waals surface area contributed by atoms with Crippen molar-refractivity contribution >= 4 is 5.69 Å². The summed E-state index contributed by atoms with van der Waals surface area (Å²) in [7, 11) is 0. The van der Waals surface area contributed by atoms with Crippen molar-refractivity contribution in [1.29, 1.82) is 0 Å². The van der Waals surface area contributed by atoms with E-state index in [4.69, 9.17) is 5.73 Å². The standard InChI is InChI=1S/C15H14F2N2O2/c16-12-3-1-2-10(6-12)7-14(18)9-11-8-13(17)4-5-15(11)19(20)21/h1-6,8,14H,7,9,18H2. The van der Waals surface area contributed by atoms with Crippen LogP contribution >= 0.6 is 0 Å². The molecule has 21 heavy (non-hydrogen) atoms. The average molecular weight is 292 g/mol. The Kier molecular flexibility index (Phi) is 4.59. The van der Waals surface area contributed by atoms with E-state index in [2.05, 4.69) is 0 Å². The molecule has 0 aromatic heterocycles. The van der Waals surface area contributed by atoms with Crippen molar-refractivity contribution in [1.82, 2.24) is 0 Å². The van der Waals surface area contributed by atoms with Gasteiger partial charge in [0.15, 0.2) is 0 Å². The maximum Gasteiger partial charge on any atom is 0.272 e. The number of hydrogen-bond donors (Lipinski definition) is 1. The normalized spacial score (nSPS) is 12.1. The summed E-state index contributed by atoms with van der Waals surface area (Å²) in [5.41, 5.74) is 6.71. The zero-order chi connectivity index (χ0) is 15.4. The zero-order valence-corrected chi connectivity index (χ0v) is 11.1. The molecule has 0 aliphatic heterocycles. The second-order valence-corrected chi connectivity index (χ2v) is 4.83. The molecule has 0 spiro atoms. The van der Waals surface area contributed by atoms with Crippen molar-refractivity contribution in [3.8, 4) is 0 Å². The van der Waals surface area contributed by atoms with Gasteiger partial charge >= 0.3 is 0 Å². The number of benzene rings is 2. The second kappa shape index (κ2) is 6.41. The van der Waals surface area contributed by atoms with Gasteiger partial charge in [-0.3, -0.25) is 10.1 Å². The molecular weight excluding hydrogens is 278 g/mol. The van der Waals surface area contributed by atoms with Crippen molar-refractivity contribution in [2.75, 3.05) is 0 Å². The van der Waals surface area contributed by atoms with Gasteiger partial charge in [0.2, 0.25) is 0 Å². The fourth-order valence-corrected chi connectivity index (χ4v) is 2.22. The van der Waals surface area contributed by atoms with Crippen LogP contribution in [0.5, 0.6) is 0 Å². The van der Waals surface area contributed by atoms with Crippen LogP contribution in [0.2, 0.25) is 0 Å². The number of halogens is 2. The van der Waals surface area contributed by atoms with Gasteiger partial charge < -0.3 is 5.73 Å². The van der Waals surface area contributed by atoms with Gasteiger partial charge in [-0.2, -0.15) is 0 Å². The van der Waals surface area contributed by atoms with E-state index in [9.17, 15) is 18.9 Å². The van der Waals surface area contributed by atoms with Crippen molar-refractivity contribution in [2.45, 2.75) is 18.9 Å². The lowest BCUT2D eigenvalue weighted by atomic mass is 9.98. The van der Waals surface area contributed by atoms with Crippen LogP contribution in [0.3, 0.4) is 0 Å². The highest BCUT2D eigenvalue weighted by molar-refractivity contribution is 5.41. The van der Waals surface area contributed by atoms with E-state index >= 15 is 0 Å². The number of nitrogens with two attached hydrogens (primary N) is 1. The van der Waals surface area contributed by atoms with E-state index in [0.717, 1.165) is 18.2 Å². The molecule has 0 saturated carbocycles. The Hall–Kier alpha value is -2.34. The first-order chi connectivity index (χ1) is 9.95. The minimum absolute atomic E-state index is 0.143. The highest BCUT2D eigenvalue weighted by Crippen LogP contribution is 2.21. The van der Waals surface area contributed by atoms with Crippen molar-refractivity contribution in [2.24, 2.45) is 5.73 Å². The smallest absolute Gasteiger partial charge is 0.272 e. The molecule has 1 unspecified atom stereocenters. The first-order valence-electron chi connectivity index (χ1n) is 6.38. The summed E-state index contributed by atoms with van der Waals surface area (Å²) in [4.78, 5) is 10.3. The SMILES string of the molecule is NC(Cc1cccc(F)c1)Cc1cc(F)ccc1[N+](=O)[O-]. The van der Waals surface area contributed by atoms with Gasteiger partial charge in [-0.15, -0.1) is 0 Å². The van der Waals surface area contributed by atoms with Gasteiger partial charge in [0.25, 0.3) is 5.69 Å². The van der Waals surface area contributed by atoms with Crippen molar-refractivity contribution in [3.05, 3.63) is 75.3 Å². The van der Waals surface area contributed by atoms with Crippen LogP contribution in [-0.4, -0.2) is 11.0 Å². The molecule has 0 bridgehead atoms. The maximum absolute atomic E-state index is 13.2. The highest BCUT2D eigenvalue weighted by Gasteiger charge is 2.17. The summed E-state index contributed by atoms with van der Waals surface area (Å²) in [5.74, 6) is -0.912. The van der Waals surface area contributed by atoms with E-state index < -0.39 is 16.8 Å². The molecule has 0 fully saturated rings. The summed E-state index contributed by atoms with van der Waals surface area (Å²) < 4.78 is 26.3. The first-order valence-corrected chi connectivity index (χ1v) is 6.38. The third-order valence-electron chi connectivity index (χ3n) is 3.11. The molecule has 2 aromatic carbocycles. The molecule has 2 aromatic rings. The van der Waals surface area contributed by atoms with Crippen molar-refractivity contribution < 1.29 is 13.7 Å².